The third-order valence-corrected chi connectivity index (χ3v) is 5.58. The van der Waals surface area contributed by atoms with Gasteiger partial charge in [0.05, 0.1) is 0 Å². The summed E-state index contributed by atoms with van der Waals surface area (Å²) in [4.78, 5) is 2.63. The lowest BCUT2D eigenvalue weighted by Gasteiger charge is -2.36. The van der Waals surface area contributed by atoms with E-state index in [1.165, 1.54) is 48.9 Å². The Morgan fingerprint density at radius 1 is 1.10 bits per heavy atom. The molecule has 2 bridgehead atoms. The molecule has 20 heavy (non-hydrogen) atoms. The van der Waals surface area contributed by atoms with E-state index in [1.54, 1.807) is 0 Å². The Morgan fingerprint density at radius 3 is 2.30 bits per heavy atom. The molecule has 0 amide bonds. The highest BCUT2D eigenvalue weighted by atomic mass is 15.2. The van der Waals surface area contributed by atoms with Crippen molar-refractivity contribution in [2.75, 3.05) is 13.6 Å². The summed E-state index contributed by atoms with van der Waals surface area (Å²) in [5.41, 5.74) is 4.32. The van der Waals surface area contributed by atoms with Crippen LogP contribution in [0, 0.1) is 19.8 Å². The maximum absolute atomic E-state index is 3.72. The molecule has 3 rings (SSSR count). The van der Waals surface area contributed by atoms with Crippen molar-refractivity contribution in [2.45, 2.75) is 58.2 Å². The zero-order valence-corrected chi connectivity index (χ0v) is 13.2. The third-order valence-electron chi connectivity index (χ3n) is 5.58. The number of nitrogens with one attached hydrogen (secondary N) is 1. The van der Waals surface area contributed by atoms with Gasteiger partial charge in [0, 0.05) is 18.6 Å². The van der Waals surface area contributed by atoms with E-state index in [0.29, 0.717) is 0 Å². The molecule has 0 spiro atoms. The average Bonchev–Trinajstić information content (AvgIpc) is 2.64. The summed E-state index contributed by atoms with van der Waals surface area (Å²) in [6, 6.07) is 8.32. The third kappa shape index (κ3) is 2.77. The van der Waals surface area contributed by atoms with E-state index < -0.39 is 0 Å². The molecule has 2 aliphatic rings. The van der Waals surface area contributed by atoms with Gasteiger partial charge in [-0.3, -0.25) is 0 Å². The van der Waals surface area contributed by atoms with Crippen molar-refractivity contribution in [2.24, 2.45) is 5.92 Å². The summed E-state index contributed by atoms with van der Waals surface area (Å²) < 4.78 is 0. The van der Waals surface area contributed by atoms with E-state index >= 15 is 0 Å². The summed E-state index contributed by atoms with van der Waals surface area (Å²) in [5.74, 6) is 0.882. The molecule has 110 valence electrons. The zero-order chi connectivity index (χ0) is 14.1. The molecule has 2 saturated heterocycles. The van der Waals surface area contributed by atoms with Gasteiger partial charge < -0.3 is 10.2 Å². The number of benzene rings is 1. The second-order valence-electron chi connectivity index (χ2n) is 6.89. The van der Waals surface area contributed by atoms with E-state index in [4.69, 9.17) is 0 Å². The van der Waals surface area contributed by atoms with Crippen LogP contribution in [0.5, 0.6) is 0 Å². The molecule has 2 aliphatic heterocycles. The van der Waals surface area contributed by atoms with Gasteiger partial charge in [0.1, 0.15) is 0 Å². The van der Waals surface area contributed by atoms with E-state index in [2.05, 4.69) is 49.3 Å². The highest BCUT2D eigenvalue weighted by Gasteiger charge is 2.37. The number of piperidine rings is 1. The van der Waals surface area contributed by atoms with Gasteiger partial charge in [0.25, 0.3) is 0 Å². The van der Waals surface area contributed by atoms with Gasteiger partial charge in [0.15, 0.2) is 0 Å². The first kappa shape index (κ1) is 14.1. The van der Waals surface area contributed by atoms with Crippen LogP contribution < -0.4 is 5.32 Å². The number of rotatable bonds is 4. The maximum atomic E-state index is 3.72. The molecule has 2 unspecified atom stereocenters. The Bertz CT molecular complexity index is 434. The van der Waals surface area contributed by atoms with Gasteiger partial charge in [-0.1, -0.05) is 18.2 Å². The van der Waals surface area contributed by atoms with E-state index in [1.807, 2.05) is 0 Å². The fourth-order valence-electron chi connectivity index (χ4n) is 4.22. The van der Waals surface area contributed by atoms with E-state index in [0.717, 1.165) is 24.5 Å². The van der Waals surface area contributed by atoms with Crippen molar-refractivity contribution in [3.63, 3.8) is 0 Å². The normalized spacial score (nSPS) is 29.9. The Balaban J connectivity index is 1.51. The maximum Gasteiger partial charge on any atom is 0.0210 e. The van der Waals surface area contributed by atoms with Crippen molar-refractivity contribution in [1.82, 2.24) is 10.2 Å². The van der Waals surface area contributed by atoms with Gasteiger partial charge in [0.2, 0.25) is 0 Å². The predicted molar refractivity (Wildman–Crippen MR) is 84.9 cm³/mol. The van der Waals surface area contributed by atoms with Gasteiger partial charge in [-0.05, 0) is 75.7 Å². The molecular weight excluding hydrogens is 244 g/mol. The number of nitrogens with zero attached hydrogens (tertiary/aromatic N) is 1. The van der Waals surface area contributed by atoms with E-state index in [-0.39, 0.29) is 0 Å². The summed E-state index contributed by atoms with van der Waals surface area (Å²) in [5, 5.41) is 3.72. The van der Waals surface area contributed by atoms with Crippen LogP contribution >= 0.6 is 0 Å². The molecule has 2 heteroatoms. The van der Waals surface area contributed by atoms with Crippen molar-refractivity contribution in [3.05, 3.63) is 34.9 Å². The lowest BCUT2D eigenvalue weighted by atomic mass is 9.91. The fraction of sp³-hybridized carbons (Fsp3) is 0.667. The van der Waals surface area contributed by atoms with Crippen LogP contribution in [-0.2, 0) is 6.54 Å². The van der Waals surface area contributed by atoms with Crippen molar-refractivity contribution in [3.8, 4) is 0 Å². The minimum absolute atomic E-state index is 0.862. The quantitative estimate of drug-likeness (QED) is 0.905. The van der Waals surface area contributed by atoms with Gasteiger partial charge in [-0.15, -0.1) is 0 Å². The Hall–Kier alpha value is -0.860. The topological polar surface area (TPSA) is 15.3 Å². The molecule has 1 N–H and O–H groups in total. The summed E-state index contributed by atoms with van der Waals surface area (Å²) in [7, 11) is 2.32. The number of aryl methyl sites for hydroxylation is 2. The minimum atomic E-state index is 0.862. The van der Waals surface area contributed by atoms with Crippen molar-refractivity contribution in [1.29, 1.82) is 0 Å². The van der Waals surface area contributed by atoms with Crippen LogP contribution in [0.2, 0.25) is 0 Å². The molecule has 1 aromatic carbocycles. The van der Waals surface area contributed by atoms with Crippen LogP contribution in [0.4, 0.5) is 0 Å². The summed E-state index contributed by atoms with van der Waals surface area (Å²) in [6.07, 6.45) is 5.64. The van der Waals surface area contributed by atoms with Crippen LogP contribution in [0.25, 0.3) is 0 Å². The van der Waals surface area contributed by atoms with Crippen LogP contribution in [0.15, 0.2) is 18.2 Å². The fourth-order valence-corrected chi connectivity index (χ4v) is 4.22. The molecule has 1 aromatic rings. The SMILES string of the molecule is Cc1cccc(C)c1CNCC1CC2CCC(C1)N2C. The van der Waals surface area contributed by atoms with Crippen molar-refractivity contribution >= 4 is 0 Å². The van der Waals surface area contributed by atoms with Gasteiger partial charge in [-0.2, -0.15) is 0 Å². The first-order valence-corrected chi connectivity index (χ1v) is 8.13. The summed E-state index contributed by atoms with van der Waals surface area (Å²) >= 11 is 0. The second kappa shape index (κ2) is 5.87. The molecule has 0 saturated carbocycles. The molecular formula is C18H28N2. The highest BCUT2D eigenvalue weighted by molar-refractivity contribution is 5.33. The number of hydrogen-bond acceptors (Lipinski definition) is 2. The molecule has 2 fully saturated rings. The molecule has 2 nitrogen and oxygen atoms in total. The molecule has 2 atom stereocenters. The molecule has 2 heterocycles. The molecule has 0 aromatic heterocycles. The van der Waals surface area contributed by atoms with Crippen molar-refractivity contribution < 1.29 is 0 Å². The van der Waals surface area contributed by atoms with Gasteiger partial charge in [-0.25, -0.2) is 0 Å². The lowest BCUT2D eigenvalue weighted by Crippen LogP contribution is -2.42. The standard InChI is InChI=1S/C18H28N2/c1-13-5-4-6-14(2)18(13)12-19-11-15-9-16-7-8-17(10-15)20(16)3/h4-6,15-17,19H,7-12H2,1-3H3. The Morgan fingerprint density at radius 2 is 1.70 bits per heavy atom. The smallest absolute Gasteiger partial charge is 0.0210 e. The Labute approximate surface area is 123 Å². The van der Waals surface area contributed by atoms with Crippen LogP contribution in [0.1, 0.15) is 42.4 Å². The average molecular weight is 272 g/mol. The minimum Gasteiger partial charge on any atom is -0.312 e. The van der Waals surface area contributed by atoms with Crippen LogP contribution in [0.3, 0.4) is 0 Å². The van der Waals surface area contributed by atoms with E-state index in [9.17, 15) is 0 Å². The first-order chi connectivity index (χ1) is 9.65. The molecule has 0 aliphatic carbocycles. The number of fused-ring (bicyclic) bond motifs is 2. The van der Waals surface area contributed by atoms with Crippen LogP contribution in [-0.4, -0.2) is 30.6 Å². The summed E-state index contributed by atoms with van der Waals surface area (Å²) in [6.45, 7) is 6.66. The predicted octanol–water partition coefficient (Wildman–Crippen LogP) is 3.27. The molecule has 0 radical (unpaired) electrons. The monoisotopic (exact) mass is 272 g/mol. The number of hydrogen-bond donors (Lipinski definition) is 1. The highest BCUT2D eigenvalue weighted by Crippen LogP contribution is 2.37. The largest absolute Gasteiger partial charge is 0.312 e. The second-order valence-corrected chi connectivity index (χ2v) is 6.89. The Kier molecular flexibility index (Phi) is 4.13. The zero-order valence-electron chi connectivity index (χ0n) is 13.2. The van der Waals surface area contributed by atoms with Gasteiger partial charge >= 0.3 is 0 Å². The first-order valence-electron chi connectivity index (χ1n) is 8.13. The lowest BCUT2D eigenvalue weighted by molar-refractivity contribution is 0.133.